The molecule has 0 radical (unpaired) electrons. The monoisotopic (exact) mass is 208 g/mol. The SMILES string of the molecule is CCCn1c(C)nnc1CC1(N)CCC1. The van der Waals surface area contributed by atoms with E-state index in [1.807, 2.05) is 6.92 Å². The van der Waals surface area contributed by atoms with E-state index in [0.29, 0.717) is 0 Å². The topological polar surface area (TPSA) is 56.7 Å². The van der Waals surface area contributed by atoms with Crippen LogP contribution in [-0.4, -0.2) is 20.3 Å². The van der Waals surface area contributed by atoms with Gasteiger partial charge < -0.3 is 10.3 Å². The third kappa shape index (κ3) is 2.04. The third-order valence-electron chi connectivity index (χ3n) is 3.32. The molecule has 1 aromatic heterocycles. The highest BCUT2D eigenvalue weighted by molar-refractivity contribution is 5.04. The zero-order valence-electron chi connectivity index (χ0n) is 9.66. The van der Waals surface area contributed by atoms with Gasteiger partial charge in [-0.1, -0.05) is 6.92 Å². The Morgan fingerprint density at radius 3 is 2.67 bits per heavy atom. The average molecular weight is 208 g/mol. The fourth-order valence-electron chi connectivity index (χ4n) is 2.19. The summed E-state index contributed by atoms with van der Waals surface area (Å²) in [5.74, 6) is 2.08. The van der Waals surface area contributed by atoms with Gasteiger partial charge in [-0.25, -0.2) is 0 Å². The minimum absolute atomic E-state index is 0.00493. The highest BCUT2D eigenvalue weighted by atomic mass is 15.3. The predicted molar refractivity (Wildman–Crippen MR) is 59.5 cm³/mol. The first kappa shape index (κ1) is 10.6. The molecule has 4 nitrogen and oxygen atoms in total. The van der Waals surface area contributed by atoms with E-state index in [4.69, 9.17) is 5.73 Å². The Balaban J connectivity index is 2.13. The highest BCUT2D eigenvalue weighted by Crippen LogP contribution is 2.31. The van der Waals surface area contributed by atoms with Gasteiger partial charge in [-0.05, 0) is 32.6 Å². The summed E-state index contributed by atoms with van der Waals surface area (Å²) < 4.78 is 2.20. The van der Waals surface area contributed by atoms with Gasteiger partial charge in [-0.3, -0.25) is 0 Å². The molecule has 1 aliphatic rings. The Labute approximate surface area is 90.9 Å². The van der Waals surface area contributed by atoms with Crippen LogP contribution in [0.25, 0.3) is 0 Å². The van der Waals surface area contributed by atoms with Crippen LogP contribution >= 0.6 is 0 Å². The molecule has 4 heteroatoms. The summed E-state index contributed by atoms with van der Waals surface area (Å²) in [6, 6.07) is 0. The number of aromatic nitrogens is 3. The van der Waals surface area contributed by atoms with Crippen LogP contribution in [0.2, 0.25) is 0 Å². The second-order valence-electron chi connectivity index (χ2n) is 4.71. The van der Waals surface area contributed by atoms with Crippen molar-refractivity contribution >= 4 is 0 Å². The summed E-state index contributed by atoms with van der Waals surface area (Å²) in [5, 5.41) is 8.37. The maximum absolute atomic E-state index is 6.23. The van der Waals surface area contributed by atoms with Crippen LogP contribution in [0.15, 0.2) is 0 Å². The molecule has 15 heavy (non-hydrogen) atoms. The summed E-state index contributed by atoms with van der Waals surface area (Å²) in [4.78, 5) is 0. The van der Waals surface area contributed by atoms with Gasteiger partial charge in [0.1, 0.15) is 11.6 Å². The molecule has 1 aliphatic carbocycles. The molecular formula is C11H20N4. The van der Waals surface area contributed by atoms with E-state index < -0.39 is 0 Å². The van der Waals surface area contributed by atoms with Gasteiger partial charge in [-0.2, -0.15) is 0 Å². The van der Waals surface area contributed by atoms with Crippen LogP contribution in [-0.2, 0) is 13.0 Å². The third-order valence-corrected chi connectivity index (χ3v) is 3.32. The first-order valence-corrected chi connectivity index (χ1v) is 5.82. The van der Waals surface area contributed by atoms with Gasteiger partial charge in [0.15, 0.2) is 0 Å². The first-order valence-electron chi connectivity index (χ1n) is 5.82. The summed E-state index contributed by atoms with van der Waals surface area (Å²) >= 11 is 0. The van der Waals surface area contributed by atoms with E-state index in [9.17, 15) is 0 Å². The van der Waals surface area contributed by atoms with Crippen molar-refractivity contribution in [3.63, 3.8) is 0 Å². The standard InChI is InChI=1S/C11H20N4/c1-3-7-15-9(2)13-14-10(15)8-11(12)5-4-6-11/h3-8,12H2,1-2H3. The maximum atomic E-state index is 6.23. The van der Waals surface area contributed by atoms with Crippen LogP contribution in [0.1, 0.15) is 44.3 Å². The summed E-state index contributed by atoms with van der Waals surface area (Å²) in [7, 11) is 0. The van der Waals surface area contributed by atoms with Gasteiger partial charge in [0.2, 0.25) is 0 Å². The van der Waals surface area contributed by atoms with Crippen molar-refractivity contribution in [3.8, 4) is 0 Å². The van der Waals surface area contributed by atoms with Gasteiger partial charge in [0, 0.05) is 18.5 Å². The molecule has 0 spiro atoms. The lowest BCUT2D eigenvalue weighted by Crippen LogP contribution is -2.49. The molecule has 0 saturated heterocycles. The van der Waals surface area contributed by atoms with Crippen LogP contribution < -0.4 is 5.73 Å². The van der Waals surface area contributed by atoms with Crippen LogP contribution in [0.4, 0.5) is 0 Å². The predicted octanol–water partition coefficient (Wildman–Crippen LogP) is 1.42. The molecule has 1 aromatic rings. The number of rotatable bonds is 4. The smallest absolute Gasteiger partial charge is 0.134 e. The van der Waals surface area contributed by atoms with Crippen molar-refractivity contribution in [2.45, 2.75) is 58.0 Å². The second-order valence-corrected chi connectivity index (χ2v) is 4.71. The molecule has 0 amide bonds. The highest BCUT2D eigenvalue weighted by Gasteiger charge is 2.34. The maximum Gasteiger partial charge on any atom is 0.134 e. The second kappa shape index (κ2) is 3.93. The summed E-state index contributed by atoms with van der Waals surface area (Å²) in [6.45, 7) is 5.19. The fourth-order valence-corrected chi connectivity index (χ4v) is 2.19. The van der Waals surface area contributed by atoms with E-state index in [1.54, 1.807) is 0 Å². The molecule has 0 aromatic carbocycles. The number of nitrogens with two attached hydrogens (primary N) is 1. The number of hydrogen-bond acceptors (Lipinski definition) is 3. The van der Waals surface area contributed by atoms with Gasteiger partial charge in [0.05, 0.1) is 0 Å². The number of nitrogens with zero attached hydrogens (tertiary/aromatic N) is 3. The van der Waals surface area contributed by atoms with Crippen LogP contribution in [0.3, 0.4) is 0 Å². The van der Waals surface area contributed by atoms with E-state index in [1.165, 1.54) is 6.42 Å². The molecule has 2 rings (SSSR count). The molecular weight excluding hydrogens is 188 g/mol. The zero-order valence-corrected chi connectivity index (χ0v) is 9.66. The van der Waals surface area contributed by atoms with Crippen LogP contribution in [0, 0.1) is 6.92 Å². The van der Waals surface area contributed by atoms with E-state index >= 15 is 0 Å². The molecule has 2 N–H and O–H groups in total. The fraction of sp³-hybridized carbons (Fsp3) is 0.818. The van der Waals surface area contributed by atoms with Crippen molar-refractivity contribution < 1.29 is 0 Å². The molecule has 0 aliphatic heterocycles. The Bertz CT molecular complexity index is 338. The number of hydrogen-bond donors (Lipinski definition) is 1. The van der Waals surface area contributed by atoms with Crippen molar-refractivity contribution in [1.82, 2.24) is 14.8 Å². The van der Waals surface area contributed by atoms with Crippen molar-refractivity contribution in [2.75, 3.05) is 0 Å². The minimum atomic E-state index is 0.00493. The van der Waals surface area contributed by atoms with Crippen molar-refractivity contribution in [2.24, 2.45) is 5.73 Å². The lowest BCUT2D eigenvalue weighted by Gasteiger charge is -2.37. The van der Waals surface area contributed by atoms with E-state index in [2.05, 4.69) is 21.7 Å². The normalized spacial score (nSPS) is 18.9. The Hall–Kier alpha value is -0.900. The zero-order chi connectivity index (χ0) is 10.9. The van der Waals surface area contributed by atoms with Crippen molar-refractivity contribution in [1.29, 1.82) is 0 Å². The summed E-state index contributed by atoms with van der Waals surface area (Å²) in [6.07, 6.45) is 5.52. The molecule has 84 valence electrons. The van der Waals surface area contributed by atoms with Crippen LogP contribution in [0.5, 0.6) is 0 Å². The lowest BCUT2D eigenvalue weighted by atomic mass is 9.75. The van der Waals surface area contributed by atoms with Gasteiger partial charge in [0.25, 0.3) is 0 Å². The molecule has 1 saturated carbocycles. The molecule has 0 bridgehead atoms. The Kier molecular flexibility index (Phi) is 2.78. The Morgan fingerprint density at radius 2 is 2.13 bits per heavy atom. The number of aryl methyl sites for hydroxylation is 1. The van der Waals surface area contributed by atoms with E-state index in [-0.39, 0.29) is 5.54 Å². The molecule has 0 unspecified atom stereocenters. The first-order chi connectivity index (χ1) is 7.14. The lowest BCUT2D eigenvalue weighted by molar-refractivity contribution is 0.240. The summed E-state index contributed by atoms with van der Waals surface area (Å²) in [5.41, 5.74) is 6.23. The minimum Gasteiger partial charge on any atom is -0.325 e. The van der Waals surface area contributed by atoms with Gasteiger partial charge in [-0.15, -0.1) is 10.2 Å². The van der Waals surface area contributed by atoms with E-state index in [0.717, 1.165) is 43.9 Å². The molecule has 1 heterocycles. The quantitative estimate of drug-likeness (QED) is 0.814. The molecule has 0 atom stereocenters. The molecule has 1 fully saturated rings. The average Bonchev–Trinajstić information content (AvgIpc) is 2.48. The largest absolute Gasteiger partial charge is 0.325 e. The van der Waals surface area contributed by atoms with Crippen molar-refractivity contribution in [3.05, 3.63) is 11.6 Å². The Morgan fingerprint density at radius 1 is 1.40 bits per heavy atom. The van der Waals surface area contributed by atoms with Gasteiger partial charge >= 0.3 is 0 Å².